The van der Waals surface area contributed by atoms with Gasteiger partial charge in [0.05, 0.1) is 24.7 Å². The first kappa shape index (κ1) is 15.4. The molecule has 5 nitrogen and oxygen atoms in total. The highest BCUT2D eigenvalue weighted by Crippen LogP contribution is 2.17. The van der Waals surface area contributed by atoms with Gasteiger partial charge in [-0.05, 0) is 31.0 Å². The van der Waals surface area contributed by atoms with Crippen molar-refractivity contribution in [3.63, 3.8) is 0 Å². The molecule has 0 bridgehead atoms. The van der Waals surface area contributed by atoms with Gasteiger partial charge in [0.2, 0.25) is 0 Å². The molecule has 2 rings (SSSR count). The maximum absolute atomic E-state index is 12.3. The van der Waals surface area contributed by atoms with Crippen LogP contribution in [0.15, 0.2) is 39.6 Å². The number of amides is 1. The summed E-state index contributed by atoms with van der Waals surface area (Å²) in [4.78, 5) is 12.3. The van der Waals surface area contributed by atoms with Crippen LogP contribution in [0, 0.1) is 12.8 Å². The lowest BCUT2D eigenvalue weighted by atomic mass is 10.2. The molecule has 0 saturated carbocycles. The van der Waals surface area contributed by atoms with Crippen LogP contribution in [0.5, 0.6) is 0 Å². The van der Waals surface area contributed by atoms with E-state index in [1.807, 2.05) is 6.07 Å². The topological polar surface area (TPSA) is 64.6 Å². The number of carbonyl (C=O) groups is 1. The predicted molar refractivity (Wildman–Crippen MR) is 78.0 cm³/mol. The van der Waals surface area contributed by atoms with Crippen LogP contribution in [0.25, 0.3) is 0 Å². The molecule has 0 radical (unpaired) electrons. The third-order valence-electron chi connectivity index (χ3n) is 3.03. The zero-order valence-electron chi connectivity index (χ0n) is 12.6. The molecule has 0 aliphatic carbocycles. The second kappa shape index (κ2) is 7.13. The molecule has 5 heteroatoms. The number of nitrogens with one attached hydrogen (secondary N) is 1. The van der Waals surface area contributed by atoms with E-state index < -0.39 is 0 Å². The number of hydrogen-bond acceptors (Lipinski definition) is 4. The van der Waals surface area contributed by atoms with Crippen LogP contribution in [-0.2, 0) is 4.74 Å². The first-order chi connectivity index (χ1) is 10.1. The van der Waals surface area contributed by atoms with Crippen LogP contribution in [0.1, 0.15) is 41.8 Å². The summed E-state index contributed by atoms with van der Waals surface area (Å²) in [5.74, 6) is 1.51. The molecule has 0 aromatic carbocycles. The number of furan rings is 2. The van der Waals surface area contributed by atoms with Crippen molar-refractivity contribution < 1.29 is 18.4 Å². The number of rotatable bonds is 7. The van der Waals surface area contributed by atoms with Crippen molar-refractivity contribution >= 4 is 5.91 Å². The van der Waals surface area contributed by atoms with Gasteiger partial charge >= 0.3 is 0 Å². The highest BCUT2D eigenvalue weighted by Gasteiger charge is 2.20. The minimum Gasteiger partial charge on any atom is -0.469 e. The van der Waals surface area contributed by atoms with Gasteiger partial charge < -0.3 is 18.9 Å². The molecule has 0 fully saturated rings. The van der Waals surface area contributed by atoms with Crippen molar-refractivity contribution in [3.05, 3.63) is 47.8 Å². The second-order valence-corrected chi connectivity index (χ2v) is 5.36. The van der Waals surface area contributed by atoms with Crippen molar-refractivity contribution in [2.75, 3.05) is 13.2 Å². The summed E-state index contributed by atoms with van der Waals surface area (Å²) in [6.07, 6.45) is 3.08. The Kier molecular flexibility index (Phi) is 5.22. The van der Waals surface area contributed by atoms with E-state index in [1.165, 1.54) is 6.26 Å². The first-order valence-electron chi connectivity index (χ1n) is 7.04. The van der Waals surface area contributed by atoms with Crippen LogP contribution >= 0.6 is 0 Å². The molecule has 1 N–H and O–H groups in total. The Morgan fingerprint density at radius 1 is 1.24 bits per heavy atom. The largest absolute Gasteiger partial charge is 0.469 e. The Hall–Kier alpha value is -2.01. The van der Waals surface area contributed by atoms with Crippen LogP contribution in [0.4, 0.5) is 0 Å². The van der Waals surface area contributed by atoms with E-state index >= 15 is 0 Å². The summed E-state index contributed by atoms with van der Waals surface area (Å²) >= 11 is 0. The lowest BCUT2D eigenvalue weighted by molar-refractivity contribution is 0.0729. The fraction of sp³-hybridized carbons (Fsp3) is 0.438. The lowest BCUT2D eigenvalue weighted by Gasteiger charge is -2.17. The van der Waals surface area contributed by atoms with Gasteiger partial charge in [0.15, 0.2) is 0 Å². The maximum Gasteiger partial charge on any atom is 0.255 e. The van der Waals surface area contributed by atoms with Gasteiger partial charge in [-0.3, -0.25) is 4.79 Å². The molecule has 0 aliphatic rings. The third-order valence-corrected chi connectivity index (χ3v) is 3.03. The summed E-state index contributed by atoms with van der Waals surface area (Å²) < 4.78 is 16.2. The van der Waals surface area contributed by atoms with Crippen molar-refractivity contribution in [3.8, 4) is 0 Å². The maximum atomic E-state index is 12.3. The van der Waals surface area contributed by atoms with Crippen LogP contribution in [0.2, 0.25) is 0 Å². The number of aryl methyl sites for hydroxylation is 1. The molecule has 21 heavy (non-hydrogen) atoms. The van der Waals surface area contributed by atoms with E-state index in [2.05, 4.69) is 19.2 Å². The van der Waals surface area contributed by atoms with Gasteiger partial charge in [-0.2, -0.15) is 0 Å². The molecular weight excluding hydrogens is 270 g/mol. The van der Waals surface area contributed by atoms with E-state index in [4.69, 9.17) is 13.6 Å². The van der Waals surface area contributed by atoms with Crippen LogP contribution < -0.4 is 5.32 Å². The third kappa shape index (κ3) is 4.23. The van der Waals surface area contributed by atoms with Gasteiger partial charge in [-0.15, -0.1) is 0 Å². The molecule has 1 unspecified atom stereocenters. The second-order valence-electron chi connectivity index (χ2n) is 5.36. The van der Waals surface area contributed by atoms with Crippen molar-refractivity contribution in [2.45, 2.75) is 26.8 Å². The monoisotopic (exact) mass is 291 g/mol. The molecule has 114 valence electrons. The molecule has 2 heterocycles. The van der Waals surface area contributed by atoms with Crippen molar-refractivity contribution in [1.82, 2.24) is 5.32 Å². The molecular formula is C16H21NO4. The quantitative estimate of drug-likeness (QED) is 0.850. The minimum atomic E-state index is -0.319. The SMILES string of the molecule is Cc1occc1C(=O)NC(COCC(C)C)c1ccco1. The van der Waals surface area contributed by atoms with Crippen LogP contribution in [0.3, 0.4) is 0 Å². The van der Waals surface area contributed by atoms with Gasteiger partial charge in [0.25, 0.3) is 5.91 Å². The smallest absolute Gasteiger partial charge is 0.255 e. The average molecular weight is 291 g/mol. The predicted octanol–water partition coefficient (Wildman–Crippen LogP) is 3.32. The summed E-state index contributed by atoms with van der Waals surface area (Å²) in [5, 5.41) is 2.92. The van der Waals surface area contributed by atoms with E-state index in [9.17, 15) is 4.79 Å². The first-order valence-corrected chi connectivity index (χ1v) is 7.04. The Labute approximate surface area is 124 Å². The minimum absolute atomic E-state index is 0.198. The molecule has 0 spiro atoms. The van der Waals surface area contributed by atoms with E-state index in [-0.39, 0.29) is 11.9 Å². The standard InChI is InChI=1S/C16H21NO4/c1-11(2)9-19-10-14(15-5-4-7-21-15)17-16(18)13-6-8-20-12(13)3/h4-8,11,14H,9-10H2,1-3H3,(H,17,18). The Balaban J connectivity index is 2.02. The highest BCUT2D eigenvalue weighted by molar-refractivity contribution is 5.95. The van der Waals surface area contributed by atoms with E-state index in [0.717, 1.165) is 0 Å². The van der Waals surface area contributed by atoms with Gasteiger partial charge in [0, 0.05) is 6.61 Å². The lowest BCUT2D eigenvalue weighted by Crippen LogP contribution is -2.31. The molecule has 0 aliphatic heterocycles. The van der Waals surface area contributed by atoms with Gasteiger partial charge in [-0.25, -0.2) is 0 Å². The molecule has 1 amide bonds. The van der Waals surface area contributed by atoms with Crippen molar-refractivity contribution in [1.29, 1.82) is 0 Å². The molecule has 1 atom stereocenters. The normalized spacial score (nSPS) is 12.6. The zero-order chi connectivity index (χ0) is 15.2. The fourth-order valence-electron chi connectivity index (χ4n) is 1.96. The Morgan fingerprint density at radius 3 is 2.62 bits per heavy atom. The highest BCUT2D eigenvalue weighted by atomic mass is 16.5. The number of hydrogen-bond donors (Lipinski definition) is 1. The van der Waals surface area contributed by atoms with Crippen molar-refractivity contribution in [2.24, 2.45) is 5.92 Å². The van der Waals surface area contributed by atoms with Gasteiger partial charge in [-0.1, -0.05) is 13.8 Å². The summed E-state index contributed by atoms with van der Waals surface area (Å²) in [6.45, 7) is 6.92. The number of carbonyl (C=O) groups excluding carboxylic acids is 1. The van der Waals surface area contributed by atoms with E-state index in [1.54, 1.807) is 25.3 Å². The fourth-order valence-corrected chi connectivity index (χ4v) is 1.96. The molecule has 0 saturated heterocycles. The molecule has 2 aromatic heterocycles. The summed E-state index contributed by atoms with van der Waals surface area (Å²) in [7, 11) is 0. The van der Waals surface area contributed by atoms with E-state index in [0.29, 0.717) is 36.2 Å². The molecule has 2 aromatic rings. The summed E-state index contributed by atoms with van der Waals surface area (Å²) in [5.41, 5.74) is 0.524. The average Bonchev–Trinajstić information content (AvgIpc) is 3.07. The van der Waals surface area contributed by atoms with Gasteiger partial charge in [0.1, 0.15) is 17.6 Å². The summed E-state index contributed by atoms with van der Waals surface area (Å²) in [6, 6.07) is 4.95. The zero-order valence-corrected chi connectivity index (χ0v) is 12.6. The Morgan fingerprint density at radius 2 is 2.05 bits per heavy atom. The van der Waals surface area contributed by atoms with Crippen LogP contribution in [-0.4, -0.2) is 19.1 Å². The number of ether oxygens (including phenoxy) is 1. The Bertz CT molecular complexity index is 557.